The zero-order valence-electron chi connectivity index (χ0n) is 19.7. The fraction of sp³-hybridized carbons (Fsp3) is 0.360. The maximum Gasteiger partial charge on any atom is 0.256 e. The minimum atomic E-state index is -1.54. The standard InChI is InChI=1S/C25H27N5O5S/c1-35-22-5-3-16-23(29-22)17(6-9-26-16)28-24(33)25(34)7-10-30(11-8-25)13-19(31)15-2-4-20-18(12-15)27-21(32)14-36-20/h2-6,9,12,19,31,34H,7-8,10-11,13-14H2,1H3,(H,27,32)(H,26,28,33)/t19-/m0/s1. The van der Waals surface area contributed by atoms with E-state index in [1.165, 1.54) is 18.9 Å². The van der Waals surface area contributed by atoms with E-state index in [1.54, 1.807) is 30.5 Å². The highest BCUT2D eigenvalue weighted by Crippen LogP contribution is 2.34. The van der Waals surface area contributed by atoms with Crippen LogP contribution in [0.2, 0.25) is 0 Å². The molecule has 36 heavy (non-hydrogen) atoms. The van der Waals surface area contributed by atoms with Gasteiger partial charge in [-0.3, -0.25) is 14.6 Å². The largest absolute Gasteiger partial charge is 0.481 e. The number of pyridine rings is 2. The lowest BCUT2D eigenvalue weighted by Crippen LogP contribution is -2.52. The third kappa shape index (κ3) is 5.00. The number of piperidine rings is 1. The second-order valence-corrected chi connectivity index (χ2v) is 9.99. The fourth-order valence-corrected chi connectivity index (χ4v) is 5.24. The van der Waals surface area contributed by atoms with Crippen molar-refractivity contribution in [2.45, 2.75) is 29.4 Å². The van der Waals surface area contributed by atoms with E-state index in [-0.39, 0.29) is 18.7 Å². The Hall–Kier alpha value is -3.25. The van der Waals surface area contributed by atoms with Gasteiger partial charge >= 0.3 is 0 Å². The number of aliphatic hydroxyl groups is 2. The molecule has 10 nitrogen and oxygen atoms in total. The topological polar surface area (TPSA) is 137 Å². The van der Waals surface area contributed by atoms with E-state index in [2.05, 4.69) is 20.6 Å². The maximum atomic E-state index is 13.1. The smallest absolute Gasteiger partial charge is 0.256 e. The van der Waals surface area contributed by atoms with E-state index in [9.17, 15) is 19.8 Å². The molecule has 0 spiro atoms. The summed E-state index contributed by atoms with van der Waals surface area (Å²) in [5.41, 5.74) is 1.42. The van der Waals surface area contributed by atoms with Gasteiger partial charge in [0.05, 0.1) is 35.9 Å². The second kappa shape index (κ2) is 10.0. The number of ether oxygens (including phenoxy) is 1. The van der Waals surface area contributed by atoms with Crippen molar-refractivity contribution in [3.8, 4) is 5.88 Å². The molecule has 2 amide bonds. The first-order valence-electron chi connectivity index (χ1n) is 11.7. The third-order valence-corrected chi connectivity index (χ3v) is 7.65. The van der Waals surface area contributed by atoms with Crippen molar-refractivity contribution in [1.82, 2.24) is 14.9 Å². The van der Waals surface area contributed by atoms with Crippen molar-refractivity contribution in [2.24, 2.45) is 0 Å². The van der Waals surface area contributed by atoms with Gasteiger partial charge in [-0.15, -0.1) is 11.8 Å². The van der Waals surface area contributed by atoms with Gasteiger partial charge in [0.2, 0.25) is 11.8 Å². The van der Waals surface area contributed by atoms with Gasteiger partial charge in [-0.05, 0) is 42.7 Å². The molecule has 11 heteroatoms. The molecule has 5 rings (SSSR count). The quantitative estimate of drug-likeness (QED) is 0.394. The third-order valence-electron chi connectivity index (χ3n) is 6.57. The fourth-order valence-electron chi connectivity index (χ4n) is 4.45. The molecule has 1 fully saturated rings. The predicted molar refractivity (Wildman–Crippen MR) is 136 cm³/mol. The molecule has 0 radical (unpaired) electrons. The van der Waals surface area contributed by atoms with E-state index in [1.807, 2.05) is 17.0 Å². The number of fused-ring (bicyclic) bond motifs is 2. The number of carbonyl (C=O) groups is 2. The number of rotatable bonds is 6. The Morgan fingerprint density at radius 3 is 2.86 bits per heavy atom. The summed E-state index contributed by atoms with van der Waals surface area (Å²) in [4.78, 5) is 36.4. The predicted octanol–water partition coefficient (Wildman–Crippen LogP) is 2.18. The summed E-state index contributed by atoms with van der Waals surface area (Å²) in [7, 11) is 1.51. The molecule has 2 aliphatic rings. The Balaban J connectivity index is 1.21. The molecule has 1 aromatic carbocycles. The lowest BCUT2D eigenvalue weighted by molar-refractivity contribution is -0.139. The van der Waals surface area contributed by atoms with Crippen molar-refractivity contribution in [3.05, 3.63) is 48.2 Å². The number of β-amino-alcohol motifs (C(OH)–C–C–N with tert-alkyl or cyclic N) is 1. The van der Waals surface area contributed by atoms with Crippen molar-refractivity contribution in [2.75, 3.05) is 43.1 Å². The highest BCUT2D eigenvalue weighted by Gasteiger charge is 2.40. The van der Waals surface area contributed by atoms with Gasteiger partial charge in [0, 0.05) is 36.8 Å². The van der Waals surface area contributed by atoms with Crippen LogP contribution in [0.1, 0.15) is 24.5 Å². The SMILES string of the molecule is COc1ccc2nccc(NC(=O)C3(O)CCN(C[C@H](O)c4ccc5c(c4)NC(=O)CS5)CC3)c2n1. The Morgan fingerprint density at radius 1 is 1.28 bits per heavy atom. The molecule has 0 bridgehead atoms. The first kappa shape index (κ1) is 24.4. The van der Waals surface area contributed by atoms with Crippen molar-refractivity contribution in [1.29, 1.82) is 0 Å². The molecule has 0 saturated carbocycles. The van der Waals surface area contributed by atoms with Gasteiger partial charge in [-0.25, -0.2) is 4.98 Å². The Labute approximate surface area is 212 Å². The summed E-state index contributed by atoms with van der Waals surface area (Å²) in [6.07, 6.45) is 1.26. The van der Waals surface area contributed by atoms with Gasteiger partial charge in [0.1, 0.15) is 11.1 Å². The number of nitrogens with one attached hydrogen (secondary N) is 2. The van der Waals surface area contributed by atoms with Crippen LogP contribution in [-0.4, -0.2) is 75.0 Å². The first-order chi connectivity index (χ1) is 17.3. The van der Waals surface area contributed by atoms with E-state index < -0.39 is 17.6 Å². The molecular formula is C25H27N5O5S. The molecule has 1 saturated heterocycles. The summed E-state index contributed by atoms with van der Waals surface area (Å²) in [5, 5.41) is 27.5. The van der Waals surface area contributed by atoms with Crippen LogP contribution in [0.15, 0.2) is 47.5 Å². The van der Waals surface area contributed by atoms with E-state index >= 15 is 0 Å². The molecule has 1 atom stereocenters. The van der Waals surface area contributed by atoms with Crippen molar-refractivity contribution in [3.63, 3.8) is 0 Å². The number of nitrogens with zero attached hydrogens (tertiary/aromatic N) is 3. The minimum absolute atomic E-state index is 0.0533. The minimum Gasteiger partial charge on any atom is -0.481 e. The molecule has 0 unspecified atom stereocenters. The van der Waals surface area contributed by atoms with Crippen LogP contribution < -0.4 is 15.4 Å². The number of likely N-dealkylation sites (tertiary alicyclic amines) is 1. The van der Waals surface area contributed by atoms with Crippen LogP contribution in [0, 0.1) is 0 Å². The monoisotopic (exact) mass is 509 g/mol. The van der Waals surface area contributed by atoms with Gasteiger partial charge in [0.15, 0.2) is 0 Å². The number of methoxy groups -OCH3 is 1. The van der Waals surface area contributed by atoms with Crippen molar-refractivity contribution < 1.29 is 24.5 Å². The van der Waals surface area contributed by atoms with Crippen LogP contribution in [0.5, 0.6) is 5.88 Å². The molecule has 4 heterocycles. The lowest BCUT2D eigenvalue weighted by Gasteiger charge is -2.37. The highest BCUT2D eigenvalue weighted by atomic mass is 32.2. The molecule has 0 aliphatic carbocycles. The Bertz CT molecular complexity index is 1310. The molecule has 2 aliphatic heterocycles. The van der Waals surface area contributed by atoms with Gasteiger partial charge in [-0.2, -0.15) is 0 Å². The lowest BCUT2D eigenvalue weighted by atomic mass is 9.90. The molecule has 3 aromatic rings. The number of benzene rings is 1. The van der Waals surface area contributed by atoms with Crippen LogP contribution >= 0.6 is 11.8 Å². The van der Waals surface area contributed by atoms with E-state index in [4.69, 9.17) is 4.74 Å². The Kier molecular flexibility index (Phi) is 6.80. The highest BCUT2D eigenvalue weighted by molar-refractivity contribution is 8.00. The number of thioether (sulfide) groups is 1. The zero-order valence-corrected chi connectivity index (χ0v) is 20.5. The normalized spacial score (nSPS) is 18.2. The number of hydrogen-bond donors (Lipinski definition) is 4. The number of aliphatic hydroxyl groups excluding tert-OH is 1. The van der Waals surface area contributed by atoms with Crippen LogP contribution in [0.3, 0.4) is 0 Å². The van der Waals surface area contributed by atoms with Gasteiger partial charge < -0.3 is 30.5 Å². The summed E-state index contributed by atoms with van der Waals surface area (Å²) in [5.74, 6) is 0.239. The average molecular weight is 510 g/mol. The van der Waals surface area contributed by atoms with Gasteiger partial charge in [-0.1, -0.05) is 6.07 Å². The first-order valence-corrected chi connectivity index (χ1v) is 12.6. The van der Waals surface area contributed by atoms with Gasteiger partial charge in [0.25, 0.3) is 5.91 Å². The summed E-state index contributed by atoms with van der Waals surface area (Å²) >= 11 is 1.47. The summed E-state index contributed by atoms with van der Waals surface area (Å²) in [6.45, 7) is 1.25. The number of anilines is 2. The number of amides is 2. The van der Waals surface area contributed by atoms with E-state index in [0.29, 0.717) is 59.2 Å². The number of aromatic nitrogens is 2. The number of hydrogen-bond acceptors (Lipinski definition) is 9. The maximum absolute atomic E-state index is 13.1. The number of carbonyl (C=O) groups excluding carboxylic acids is 2. The van der Waals surface area contributed by atoms with Crippen LogP contribution in [-0.2, 0) is 9.59 Å². The molecule has 4 N–H and O–H groups in total. The Morgan fingerprint density at radius 2 is 2.08 bits per heavy atom. The molecular weight excluding hydrogens is 482 g/mol. The van der Waals surface area contributed by atoms with Crippen LogP contribution in [0.25, 0.3) is 11.0 Å². The summed E-state index contributed by atoms with van der Waals surface area (Å²) < 4.78 is 5.18. The van der Waals surface area contributed by atoms with Crippen LogP contribution in [0.4, 0.5) is 11.4 Å². The summed E-state index contributed by atoms with van der Waals surface area (Å²) in [6, 6.07) is 10.7. The molecule has 188 valence electrons. The average Bonchev–Trinajstić information content (AvgIpc) is 2.89. The molecule has 2 aromatic heterocycles. The zero-order chi connectivity index (χ0) is 25.3. The van der Waals surface area contributed by atoms with Crippen molar-refractivity contribution >= 4 is 46.0 Å². The van der Waals surface area contributed by atoms with E-state index in [0.717, 1.165) is 4.90 Å². The second-order valence-electron chi connectivity index (χ2n) is 8.97.